The van der Waals surface area contributed by atoms with Crippen LogP contribution in [-0.4, -0.2) is 65.2 Å². The van der Waals surface area contributed by atoms with Crippen molar-refractivity contribution in [1.82, 2.24) is 20.3 Å². The fourth-order valence-electron chi connectivity index (χ4n) is 5.32. The van der Waals surface area contributed by atoms with Crippen molar-refractivity contribution in [2.24, 2.45) is 0 Å². The standard InChI is InChI=1S/C37H38N6O8S/c1-25-14-30(22-40-8-10-47-11-9-42-37(44)43-52(2,45)46)35(50-23-27-15-26(18-38)20-41-21-27)17-34(25)51-24-29-4-3-5-31(32(29)19-39)28-6-7-33-36(16-28)49-13-12-48-33/h3-7,14-17,20-21,40H,8-13,22-24H2,1-2H3,(H2,42,43,44). The van der Waals surface area contributed by atoms with E-state index < -0.39 is 16.1 Å². The summed E-state index contributed by atoms with van der Waals surface area (Å²) in [6.45, 7) is 4.77. The molecule has 0 fully saturated rings. The van der Waals surface area contributed by atoms with Crippen molar-refractivity contribution in [3.63, 3.8) is 0 Å². The molecule has 5 rings (SSSR count). The highest BCUT2D eigenvalue weighted by Gasteiger charge is 2.17. The number of fused-ring (bicyclic) bond motifs is 1. The molecule has 52 heavy (non-hydrogen) atoms. The number of nitriles is 2. The average molecular weight is 727 g/mol. The fraction of sp³-hybridized carbons (Fsp3) is 0.297. The Hall–Kier alpha value is -5.87. The minimum Gasteiger partial charge on any atom is -0.488 e. The number of rotatable bonds is 16. The van der Waals surface area contributed by atoms with Crippen LogP contribution in [0.5, 0.6) is 23.0 Å². The van der Waals surface area contributed by atoms with Gasteiger partial charge in [-0.1, -0.05) is 24.3 Å². The van der Waals surface area contributed by atoms with Crippen LogP contribution in [0, 0.1) is 29.6 Å². The van der Waals surface area contributed by atoms with Crippen molar-refractivity contribution in [3.8, 4) is 46.3 Å². The Bertz CT molecular complexity index is 2090. The first-order chi connectivity index (χ1) is 25.1. The number of aryl methyl sites for hydroxylation is 1. The number of carbonyl (C=O) groups is 1. The molecule has 4 aromatic rings. The van der Waals surface area contributed by atoms with Crippen LogP contribution in [-0.2, 0) is 34.5 Å². The number of hydrogen-bond donors (Lipinski definition) is 3. The van der Waals surface area contributed by atoms with Crippen molar-refractivity contribution >= 4 is 16.1 Å². The quantitative estimate of drug-likeness (QED) is 0.140. The highest BCUT2D eigenvalue weighted by Crippen LogP contribution is 2.37. The average Bonchev–Trinajstić information content (AvgIpc) is 3.13. The van der Waals surface area contributed by atoms with Crippen LogP contribution in [0.3, 0.4) is 0 Å². The third-order valence-corrected chi connectivity index (χ3v) is 8.28. The van der Waals surface area contributed by atoms with Gasteiger partial charge in [-0.05, 0) is 47.9 Å². The third-order valence-electron chi connectivity index (χ3n) is 7.72. The lowest BCUT2D eigenvalue weighted by Crippen LogP contribution is -2.40. The number of pyridine rings is 1. The van der Waals surface area contributed by atoms with Crippen molar-refractivity contribution < 1.29 is 36.9 Å². The van der Waals surface area contributed by atoms with Crippen LogP contribution < -0.4 is 34.3 Å². The molecular formula is C37H38N6O8S. The molecule has 0 atom stereocenters. The lowest BCUT2D eigenvalue weighted by Gasteiger charge is -2.19. The number of nitrogens with one attached hydrogen (secondary N) is 3. The Kier molecular flexibility index (Phi) is 12.8. The summed E-state index contributed by atoms with van der Waals surface area (Å²) in [5.41, 5.74) is 5.66. The molecule has 2 amide bonds. The summed E-state index contributed by atoms with van der Waals surface area (Å²) in [7, 11) is -3.64. The number of ether oxygens (including phenoxy) is 5. The second-order valence-corrected chi connectivity index (χ2v) is 13.5. The van der Waals surface area contributed by atoms with E-state index in [2.05, 4.69) is 27.8 Å². The molecule has 0 unspecified atom stereocenters. The number of nitrogens with zero attached hydrogens (tertiary/aromatic N) is 3. The maximum absolute atomic E-state index is 11.5. The molecule has 0 spiro atoms. The van der Waals surface area contributed by atoms with E-state index in [0.29, 0.717) is 72.6 Å². The van der Waals surface area contributed by atoms with Crippen LogP contribution in [0.2, 0.25) is 0 Å². The van der Waals surface area contributed by atoms with Crippen LogP contribution in [0.15, 0.2) is 67.0 Å². The molecule has 1 aliphatic heterocycles. The molecular weight excluding hydrogens is 689 g/mol. The van der Waals surface area contributed by atoms with Crippen molar-refractivity contribution in [3.05, 3.63) is 100 Å². The van der Waals surface area contributed by atoms with E-state index in [1.807, 2.05) is 60.2 Å². The summed E-state index contributed by atoms with van der Waals surface area (Å²) >= 11 is 0. The van der Waals surface area contributed by atoms with Crippen LogP contribution in [0.25, 0.3) is 11.1 Å². The molecule has 3 N–H and O–H groups in total. The predicted molar refractivity (Wildman–Crippen MR) is 190 cm³/mol. The number of amides is 2. The van der Waals surface area contributed by atoms with Crippen molar-refractivity contribution in [2.45, 2.75) is 26.7 Å². The van der Waals surface area contributed by atoms with Gasteiger partial charge in [-0.2, -0.15) is 10.5 Å². The van der Waals surface area contributed by atoms with E-state index in [1.165, 1.54) is 6.20 Å². The normalized spacial score (nSPS) is 11.9. The third kappa shape index (κ3) is 10.6. The van der Waals surface area contributed by atoms with E-state index >= 15 is 0 Å². The van der Waals surface area contributed by atoms with Crippen molar-refractivity contribution in [2.75, 3.05) is 45.8 Å². The number of sulfonamides is 1. The van der Waals surface area contributed by atoms with Gasteiger partial charge in [0.25, 0.3) is 0 Å². The van der Waals surface area contributed by atoms with Gasteiger partial charge in [0.05, 0.1) is 30.6 Å². The monoisotopic (exact) mass is 726 g/mol. The van der Waals surface area contributed by atoms with Crippen molar-refractivity contribution in [1.29, 1.82) is 10.5 Å². The van der Waals surface area contributed by atoms with Gasteiger partial charge in [-0.3, -0.25) is 4.98 Å². The molecule has 0 saturated heterocycles. The summed E-state index contributed by atoms with van der Waals surface area (Å²) < 4.78 is 53.6. The molecule has 0 saturated carbocycles. The Balaban J connectivity index is 1.25. The van der Waals surface area contributed by atoms with E-state index in [1.54, 1.807) is 12.3 Å². The maximum Gasteiger partial charge on any atom is 0.328 e. The SMILES string of the molecule is Cc1cc(CNCCOCCNC(=O)NS(C)(=O)=O)c(OCc2cncc(C#N)c2)cc1OCc1cccc(-c2ccc3c(c2)OCCO3)c1C#N. The van der Waals surface area contributed by atoms with Crippen LogP contribution in [0.1, 0.15) is 33.4 Å². The van der Waals surface area contributed by atoms with Gasteiger partial charge in [0.2, 0.25) is 10.0 Å². The first-order valence-electron chi connectivity index (χ1n) is 16.3. The second-order valence-electron chi connectivity index (χ2n) is 11.7. The summed E-state index contributed by atoms with van der Waals surface area (Å²) in [6.07, 6.45) is 4.02. The summed E-state index contributed by atoms with van der Waals surface area (Å²) in [4.78, 5) is 15.7. The first-order valence-corrected chi connectivity index (χ1v) is 18.2. The topological polar surface area (TPSA) is 194 Å². The zero-order valence-electron chi connectivity index (χ0n) is 28.7. The summed E-state index contributed by atoms with van der Waals surface area (Å²) in [5.74, 6) is 2.45. The number of aromatic nitrogens is 1. The lowest BCUT2D eigenvalue weighted by atomic mass is 9.96. The molecule has 1 aromatic heterocycles. The van der Waals surface area contributed by atoms with Crippen LogP contribution in [0.4, 0.5) is 4.79 Å². The highest BCUT2D eigenvalue weighted by molar-refractivity contribution is 7.89. The molecule has 15 heteroatoms. The maximum atomic E-state index is 11.5. The first kappa shape index (κ1) is 37.4. The number of carbonyl (C=O) groups excluding carboxylic acids is 1. The Morgan fingerprint density at radius 1 is 0.904 bits per heavy atom. The lowest BCUT2D eigenvalue weighted by molar-refractivity contribution is 0.138. The van der Waals surface area contributed by atoms with E-state index in [9.17, 15) is 23.7 Å². The minimum absolute atomic E-state index is 0.134. The molecule has 0 radical (unpaired) electrons. The molecule has 0 bridgehead atoms. The minimum atomic E-state index is -3.64. The van der Waals surface area contributed by atoms with Gasteiger partial charge < -0.3 is 34.3 Å². The number of hydrogen-bond acceptors (Lipinski definition) is 12. The Labute approximate surface area is 302 Å². The molecule has 2 heterocycles. The summed E-state index contributed by atoms with van der Waals surface area (Å²) in [6, 6.07) is 20.4. The Morgan fingerprint density at radius 3 is 2.48 bits per heavy atom. The second kappa shape index (κ2) is 17.9. The van der Waals surface area contributed by atoms with Gasteiger partial charge in [-0.15, -0.1) is 0 Å². The number of benzene rings is 3. The summed E-state index contributed by atoms with van der Waals surface area (Å²) in [5, 5.41) is 25.2. The number of urea groups is 1. The smallest absolute Gasteiger partial charge is 0.328 e. The zero-order chi connectivity index (χ0) is 36.9. The Morgan fingerprint density at radius 2 is 1.69 bits per heavy atom. The van der Waals surface area contributed by atoms with E-state index in [4.69, 9.17) is 23.7 Å². The highest BCUT2D eigenvalue weighted by atomic mass is 32.2. The fourth-order valence-corrected chi connectivity index (χ4v) is 5.72. The van der Waals surface area contributed by atoms with E-state index in [0.717, 1.165) is 34.1 Å². The van der Waals surface area contributed by atoms with E-state index in [-0.39, 0.29) is 26.4 Å². The zero-order valence-corrected chi connectivity index (χ0v) is 29.5. The molecule has 270 valence electrons. The molecule has 1 aliphatic rings. The van der Waals surface area contributed by atoms with Gasteiger partial charge in [0, 0.05) is 54.8 Å². The largest absolute Gasteiger partial charge is 0.488 e. The molecule has 14 nitrogen and oxygen atoms in total. The molecule has 3 aromatic carbocycles. The van der Waals surface area contributed by atoms with Gasteiger partial charge in [-0.25, -0.2) is 17.9 Å². The van der Waals surface area contributed by atoms with Crippen LogP contribution >= 0.6 is 0 Å². The van der Waals surface area contributed by atoms with Gasteiger partial charge >= 0.3 is 6.03 Å². The van der Waals surface area contributed by atoms with Gasteiger partial charge in [0.15, 0.2) is 11.5 Å². The molecule has 0 aliphatic carbocycles. The predicted octanol–water partition coefficient (Wildman–Crippen LogP) is 4.09. The van der Waals surface area contributed by atoms with Gasteiger partial charge in [0.1, 0.15) is 50.1 Å².